The number of ether oxygens (including phenoxy) is 1. The third kappa shape index (κ3) is 5.13. The average molecular weight is 317 g/mol. The molecule has 0 aromatic heterocycles. The molecule has 0 bridgehead atoms. The summed E-state index contributed by atoms with van der Waals surface area (Å²) in [6.07, 6.45) is 5.83. The molecule has 2 N–H and O–H groups in total. The van der Waals surface area contributed by atoms with Gasteiger partial charge in [0.2, 0.25) is 5.91 Å². The Morgan fingerprint density at radius 2 is 1.91 bits per heavy atom. The van der Waals surface area contributed by atoms with Crippen molar-refractivity contribution in [2.24, 2.45) is 11.8 Å². The predicted octanol–water partition coefficient (Wildman–Crippen LogP) is 2.41. The molecular weight excluding hydrogens is 294 g/mol. The number of benzene rings is 1. The third-order valence-electron chi connectivity index (χ3n) is 3.97. The van der Waals surface area contributed by atoms with Gasteiger partial charge in [0.25, 0.3) is 0 Å². The number of hydrogen-bond donors (Lipinski definition) is 2. The molecule has 0 saturated heterocycles. The Kier molecular flexibility index (Phi) is 6.20. The quantitative estimate of drug-likeness (QED) is 0.722. The number of carboxylic acids is 1. The zero-order valence-electron chi connectivity index (χ0n) is 13.3. The van der Waals surface area contributed by atoms with Crippen molar-refractivity contribution >= 4 is 11.9 Å². The van der Waals surface area contributed by atoms with Gasteiger partial charge in [-0.15, -0.1) is 0 Å². The Hall–Kier alpha value is -2.30. The van der Waals surface area contributed by atoms with Crippen molar-refractivity contribution in [3.05, 3.63) is 42.0 Å². The number of carbonyl (C=O) groups excluding carboxylic acids is 1. The summed E-state index contributed by atoms with van der Waals surface area (Å²) in [5.74, 6) is -0.872. The Labute approximate surface area is 136 Å². The van der Waals surface area contributed by atoms with E-state index in [2.05, 4.69) is 5.32 Å². The molecule has 1 aromatic rings. The van der Waals surface area contributed by atoms with E-state index in [-0.39, 0.29) is 18.4 Å². The fraction of sp³-hybridized carbons (Fsp3) is 0.444. The van der Waals surface area contributed by atoms with Crippen LogP contribution in [0.4, 0.5) is 0 Å². The summed E-state index contributed by atoms with van der Waals surface area (Å²) in [6.45, 7) is 2.66. The lowest BCUT2D eigenvalue weighted by atomic mass is 9.98. The Balaban J connectivity index is 1.87. The van der Waals surface area contributed by atoms with E-state index in [0.717, 1.165) is 24.2 Å². The van der Waals surface area contributed by atoms with Gasteiger partial charge >= 0.3 is 5.97 Å². The molecule has 0 aliphatic heterocycles. The summed E-state index contributed by atoms with van der Waals surface area (Å²) in [5.41, 5.74) is 0.914. The largest absolute Gasteiger partial charge is 0.494 e. The van der Waals surface area contributed by atoms with Gasteiger partial charge in [-0.1, -0.05) is 24.3 Å². The number of hydrogen-bond acceptors (Lipinski definition) is 3. The van der Waals surface area contributed by atoms with E-state index in [1.54, 1.807) is 0 Å². The van der Waals surface area contributed by atoms with Crippen LogP contribution in [0.2, 0.25) is 0 Å². The highest BCUT2D eigenvalue weighted by molar-refractivity contribution is 5.80. The van der Waals surface area contributed by atoms with E-state index in [9.17, 15) is 14.7 Å². The molecule has 0 saturated carbocycles. The maximum Gasteiger partial charge on any atom is 0.308 e. The number of allylic oxidation sites excluding steroid dienone is 2. The lowest BCUT2D eigenvalue weighted by Gasteiger charge is -2.16. The van der Waals surface area contributed by atoms with Gasteiger partial charge in [-0.2, -0.15) is 0 Å². The van der Waals surface area contributed by atoms with Crippen LogP contribution >= 0.6 is 0 Å². The van der Waals surface area contributed by atoms with Crippen LogP contribution in [0.3, 0.4) is 0 Å². The van der Waals surface area contributed by atoms with E-state index < -0.39 is 11.9 Å². The lowest BCUT2D eigenvalue weighted by Crippen LogP contribution is -2.37. The molecule has 1 aliphatic carbocycles. The van der Waals surface area contributed by atoms with Crippen LogP contribution in [-0.4, -0.2) is 30.1 Å². The predicted molar refractivity (Wildman–Crippen MR) is 87.3 cm³/mol. The first-order valence-corrected chi connectivity index (χ1v) is 7.97. The zero-order chi connectivity index (χ0) is 16.7. The van der Waals surface area contributed by atoms with Crippen molar-refractivity contribution in [1.29, 1.82) is 0 Å². The molecule has 0 heterocycles. The first-order valence-electron chi connectivity index (χ1n) is 7.97. The minimum absolute atomic E-state index is 0.0464. The van der Waals surface area contributed by atoms with Crippen LogP contribution < -0.4 is 10.1 Å². The van der Waals surface area contributed by atoms with Crippen LogP contribution in [-0.2, 0) is 16.0 Å². The SMILES string of the molecule is CCOc1ccc(CC(CNC(=O)C2CC=CC2)C(=O)O)cc1. The third-order valence-corrected chi connectivity index (χ3v) is 3.97. The zero-order valence-corrected chi connectivity index (χ0v) is 13.3. The van der Waals surface area contributed by atoms with Crippen molar-refractivity contribution in [2.75, 3.05) is 13.2 Å². The normalized spacial score (nSPS) is 15.3. The minimum atomic E-state index is -0.899. The molecule has 1 amide bonds. The standard InChI is InChI=1S/C18H23NO4/c1-2-23-16-9-7-13(8-10-16)11-15(18(21)22)12-19-17(20)14-5-3-4-6-14/h3-4,7-10,14-15H,2,5-6,11-12H2,1H3,(H,19,20)(H,21,22). The first-order chi connectivity index (χ1) is 11.1. The van der Waals surface area contributed by atoms with Gasteiger partial charge in [0.15, 0.2) is 0 Å². The van der Waals surface area contributed by atoms with Gasteiger partial charge in [-0.05, 0) is 43.9 Å². The summed E-state index contributed by atoms with van der Waals surface area (Å²) in [7, 11) is 0. The van der Waals surface area contributed by atoms with Crippen molar-refractivity contribution in [3.8, 4) is 5.75 Å². The molecule has 0 radical (unpaired) electrons. The Bertz CT molecular complexity index is 557. The molecular formula is C18H23NO4. The van der Waals surface area contributed by atoms with Crippen LogP contribution in [0.5, 0.6) is 5.75 Å². The van der Waals surface area contributed by atoms with E-state index in [4.69, 9.17) is 4.74 Å². The van der Waals surface area contributed by atoms with Gasteiger partial charge in [0.05, 0.1) is 12.5 Å². The second kappa shape index (κ2) is 8.36. The molecule has 124 valence electrons. The molecule has 1 unspecified atom stereocenters. The van der Waals surface area contributed by atoms with Gasteiger partial charge in [0.1, 0.15) is 5.75 Å². The number of carbonyl (C=O) groups is 2. The fourth-order valence-corrected chi connectivity index (χ4v) is 2.62. The summed E-state index contributed by atoms with van der Waals surface area (Å²) >= 11 is 0. The number of nitrogens with one attached hydrogen (secondary N) is 1. The fourth-order valence-electron chi connectivity index (χ4n) is 2.62. The smallest absolute Gasteiger partial charge is 0.308 e. The van der Waals surface area contributed by atoms with Gasteiger partial charge in [-0.25, -0.2) is 0 Å². The van der Waals surface area contributed by atoms with Gasteiger partial charge in [0, 0.05) is 12.5 Å². The molecule has 1 atom stereocenters. The Morgan fingerprint density at radius 1 is 1.26 bits per heavy atom. The van der Waals surface area contributed by atoms with Gasteiger partial charge in [-0.3, -0.25) is 9.59 Å². The number of rotatable bonds is 8. The summed E-state index contributed by atoms with van der Waals surface area (Å²) in [6, 6.07) is 7.40. The second-order valence-corrected chi connectivity index (χ2v) is 5.70. The summed E-state index contributed by atoms with van der Waals surface area (Å²) < 4.78 is 5.37. The summed E-state index contributed by atoms with van der Waals surface area (Å²) in [5, 5.41) is 12.1. The molecule has 5 nitrogen and oxygen atoms in total. The summed E-state index contributed by atoms with van der Waals surface area (Å²) in [4.78, 5) is 23.4. The maximum absolute atomic E-state index is 12.0. The van der Waals surface area contributed by atoms with Crippen molar-refractivity contribution in [3.63, 3.8) is 0 Å². The van der Waals surface area contributed by atoms with Crippen LogP contribution in [0, 0.1) is 11.8 Å². The first kappa shape index (κ1) is 17.1. The lowest BCUT2D eigenvalue weighted by molar-refractivity contribution is -0.141. The molecule has 2 rings (SSSR count). The van der Waals surface area contributed by atoms with E-state index >= 15 is 0 Å². The van der Waals surface area contributed by atoms with Crippen LogP contribution in [0.25, 0.3) is 0 Å². The number of amides is 1. The van der Waals surface area contributed by atoms with E-state index in [0.29, 0.717) is 13.0 Å². The average Bonchev–Trinajstić information content (AvgIpc) is 3.07. The second-order valence-electron chi connectivity index (χ2n) is 5.70. The highest BCUT2D eigenvalue weighted by Gasteiger charge is 2.23. The maximum atomic E-state index is 12.0. The van der Waals surface area contributed by atoms with Crippen molar-refractivity contribution in [1.82, 2.24) is 5.32 Å². The van der Waals surface area contributed by atoms with E-state index in [1.165, 1.54) is 0 Å². The topological polar surface area (TPSA) is 75.6 Å². The van der Waals surface area contributed by atoms with Crippen molar-refractivity contribution in [2.45, 2.75) is 26.2 Å². The Morgan fingerprint density at radius 3 is 2.48 bits per heavy atom. The highest BCUT2D eigenvalue weighted by atomic mass is 16.5. The molecule has 0 fully saturated rings. The molecule has 0 spiro atoms. The molecule has 5 heteroatoms. The van der Waals surface area contributed by atoms with Crippen LogP contribution in [0.1, 0.15) is 25.3 Å². The van der Waals surface area contributed by atoms with Gasteiger partial charge < -0.3 is 15.2 Å². The monoisotopic (exact) mass is 317 g/mol. The molecule has 1 aliphatic rings. The molecule has 23 heavy (non-hydrogen) atoms. The minimum Gasteiger partial charge on any atom is -0.494 e. The molecule has 1 aromatic carbocycles. The number of aliphatic carboxylic acids is 1. The highest BCUT2D eigenvalue weighted by Crippen LogP contribution is 2.18. The van der Waals surface area contributed by atoms with Crippen LogP contribution in [0.15, 0.2) is 36.4 Å². The van der Waals surface area contributed by atoms with E-state index in [1.807, 2.05) is 43.3 Å². The number of carboxylic acid groups (broad SMARTS) is 1. The van der Waals surface area contributed by atoms with Crippen molar-refractivity contribution < 1.29 is 19.4 Å².